The Morgan fingerprint density at radius 2 is 2.16 bits per heavy atom. The molecule has 0 aromatic heterocycles. The van der Waals surface area contributed by atoms with E-state index in [-0.39, 0.29) is 5.91 Å². The summed E-state index contributed by atoms with van der Waals surface area (Å²) >= 11 is 12.1. The van der Waals surface area contributed by atoms with Gasteiger partial charge < -0.3 is 10.2 Å². The minimum Gasteiger partial charge on any atom is -0.334 e. The highest BCUT2D eigenvalue weighted by Gasteiger charge is 2.38. The average Bonchev–Trinajstić information content (AvgIpc) is 2.89. The van der Waals surface area contributed by atoms with Crippen molar-refractivity contribution in [2.75, 3.05) is 19.6 Å². The average molecular weight is 299 g/mol. The Bertz CT molecular complexity index is 506. The molecule has 2 aliphatic heterocycles. The molecule has 0 spiro atoms. The first-order valence-electron chi connectivity index (χ1n) is 6.64. The van der Waals surface area contributed by atoms with Crippen molar-refractivity contribution in [1.82, 2.24) is 10.2 Å². The van der Waals surface area contributed by atoms with E-state index in [1.165, 1.54) is 6.42 Å². The third-order valence-electron chi connectivity index (χ3n) is 4.12. The molecule has 102 valence electrons. The van der Waals surface area contributed by atoms with E-state index in [9.17, 15) is 4.79 Å². The number of likely N-dealkylation sites (tertiary alicyclic amines) is 1. The maximum Gasteiger partial charge on any atom is 0.255 e. The molecular formula is C14H16Cl2N2O. The number of nitrogens with one attached hydrogen (secondary N) is 1. The number of carbonyl (C=O) groups is 1. The van der Waals surface area contributed by atoms with Gasteiger partial charge in [0, 0.05) is 25.7 Å². The lowest BCUT2D eigenvalue weighted by atomic mass is 9.91. The molecule has 2 saturated heterocycles. The summed E-state index contributed by atoms with van der Waals surface area (Å²) in [5, 5.41) is 4.17. The standard InChI is InChI=1S/C14H16Cl2N2O/c15-11-5-1-4-10(13(11)16)14(19)18-6-2-3-9-7-17-8-12(9)18/h1,4-5,9,12,17H,2-3,6-8H2. The fourth-order valence-electron chi connectivity index (χ4n) is 3.14. The Morgan fingerprint density at radius 3 is 3.00 bits per heavy atom. The van der Waals surface area contributed by atoms with Crippen LogP contribution in [-0.2, 0) is 0 Å². The zero-order chi connectivity index (χ0) is 13.4. The lowest BCUT2D eigenvalue weighted by Gasteiger charge is -2.37. The van der Waals surface area contributed by atoms with Crippen molar-refractivity contribution in [1.29, 1.82) is 0 Å². The Balaban J connectivity index is 1.88. The second-order valence-electron chi connectivity index (χ2n) is 5.23. The van der Waals surface area contributed by atoms with Crippen LogP contribution in [0.2, 0.25) is 10.0 Å². The fraction of sp³-hybridized carbons (Fsp3) is 0.500. The maximum atomic E-state index is 12.7. The molecule has 0 saturated carbocycles. The number of amides is 1. The predicted molar refractivity (Wildman–Crippen MR) is 76.9 cm³/mol. The molecule has 0 bridgehead atoms. The molecule has 0 radical (unpaired) electrons. The molecule has 1 aromatic rings. The van der Waals surface area contributed by atoms with E-state index < -0.39 is 0 Å². The van der Waals surface area contributed by atoms with Gasteiger partial charge in [-0.05, 0) is 30.9 Å². The molecule has 0 aliphatic carbocycles. The molecule has 5 heteroatoms. The van der Waals surface area contributed by atoms with E-state index in [4.69, 9.17) is 23.2 Å². The van der Waals surface area contributed by atoms with E-state index in [1.807, 2.05) is 4.90 Å². The lowest BCUT2D eigenvalue weighted by molar-refractivity contribution is 0.0575. The van der Waals surface area contributed by atoms with Gasteiger partial charge in [0.15, 0.2) is 0 Å². The van der Waals surface area contributed by atoms with Crippen molar-refractivity contribution in [2.24, 2.45) is 5.92 Å². The molecule has 3 rings (SSSR count). The second-order valence-corrected chi connectivity index (χ2v) is 6.01. The summed E-state index contributed by atoms with van der Waals surface area (Å²) in [6.07, 6.45) is 2.26. The zero-order valence-electron chi connectivity index (χ0n) is 10.5. The van der Waals surface area contributed by atoms with Crippen molar-refractivity contribution in [3.8, 4) is 0 Å². The van der Waals surface area contributed by atoms with Crippen molar-refractivity contribution in [3.63, 3.8) is 0 Å². The Kier molecular flexibility index (Phi) is 3.70. The second kappa shape index (κ2) is 5.31. The van der Waals surface area contributed by atoms with Crippen LogP contribution in [-0.4, -0.2) is 36.5 Å². The number of benzene rings is 1. The molecule has 1 aromatic carbocycles. The molecule has 2 unspecified atom stereocenters. The van der Waals surface area contributed by atoms with E-state index in [2.05, 4.69) is 5.32 Å². The highest BCUT2D eigenvalue weighted by atomic mass is 35.5. The van der Waals surface area contributed by atoms with Crippen LogP contribution in [0.15, 0.2) is 18.2 Å². The summed E-state index contributed by atoms with van der Waals surface area (Å²) in [6.45, 7) is 2.71. The summed E-state index contributed by atoms with van der Waals surface area (Å²) in [5.74, 6) is 0.585. The summed E-state index contributed by atoms with van der Waals surface area (Å²) in [5.41, 5.74) is 0.515. The van der Waals surface area contributed by atoms with Crippen LogP contribution in [0.5, 0.6) is 0 Å². The maximum absolute atomic E-state index is 12.7. The van der Waals surface area contributed by atoms with Gasteiger partial charge in [-0.1, -0.05) is 29.3 Å². The van der Waals surface area contributed by atoms with Crippen molar-refractivity contribution in [2.45, 2.75) is 18.9 Å². The largest absolute Gasteiger partial charge is 0.334 e. The molecular weight excluding hydrogens is 283 g/mol. The molecule has 2 fully saturated rings. The molecule has 2 atom stereocenters. The number of carbonyl (C=O) groups excluding carboxylic acids is 1. The number of rotatable bonds is 1. The molecule has 1 amide bonds. The van der Waals surface area contributed by atoms with Gasteiger partial charge in [0.2, 0.25) is 0 Å². The number of hydrogen-bond donors (Lipinski definition) is 1. The third-order valence-corrected chi connectivity index (χ3v) is 4.94. The zero-order valence-corrected chi connectivity index (χ0v) is 12.0. The van der Waals surface area contributed by atoms with Gasteiger partial charge in [-0.15, -0.1) is 0 Å². The van der Waals surface area contributed by atoms with Crippen molar-refractivity contribution >= 4 is 29.1 Å². The first kappa shape index (κ1) is 13.2. The summed E-state index contributed by atoms with van der Waals surface area (Å²) in [4.78, 5) is 14.6. The van der Waals surface area contributed by atoms with Gasteiger partial charge in [-0.2, -0.15) is 0 Å². The molecule has 1 N–H and O–H groups in total. The summed E-state index contributed by atoms with van der Waals surface area (Å²) in [7, 11) is 0. The minimum absolute atomic E-state index is 0.00546. The van der Waals surface area contributed by atoms with E-state index in [1.54, 1.807) is 18.2 Å². The van der Waals surface area contributed by atoms with Crippen LogP contribution < -0.4 is 5.32 Å². The topological polar surface area (TPSA) is 32.3 Å². The first-order chi connectivity index (χ1) is 9.18. The van der Waals surface area contributed by atoms with Crippen LogP contribution >= 0.6 is 23.2 Å². The summed E-state index contributed by atoms with van der Waals surface area (Å²) in [6, 6.07) is 5.53. The van der Waals surface area contributed by atoms with Crippen LogP contribution in [0.25, 0.3) is 0 Å². The summed E-state index contributed by atoms with van der Waals surface area (Å²) < 4.78 is 0. The number of nitrogens with zero attached hydrogens (tertiary/aromatic N) is 1. The lowest BCUT2D eigenvalue weighted by Crippen LogP contribution is -2.48. The van der Waals surface area contributed by atoms with Crippen LogP contribution in [0, 0.1) is 5.92 Å². The number of piperidine rings is 1. The van der Waals surface area contributed by atoms with Gasteiger partial charge in [0.1, 0.15) is 0 Å². The minimum atomic E-state index is 0.00546. The number of halogens is 2. The highest BCUT2D eigenvalue weighted by Crippen LogP contribution is 2.31. The van der Waals surface area contributed by atoms with Crippen LogP contribution in [0.1, 0.15) is 23.2 Å². The molecule has 2 heterocycles. The quantitative estimate of drug-likeness (QED) is 0.865. The first-order valence-corrected chi connectivity index (χ1v) is 7.40. The fourth-order valence-corrected chi connectivity index (χ4v) is 3.53. The predicted octanol–water partition coefficient (Wildman–Crippen LogP) is 2.82. The highest BCUT2D eigenvalue weighted by molar-refractivity contribution is 6.43. The Hall–Kier alpha value is -0.770. The molecule has 2 aliphatic rings. The van der Waals surface area contributed by atoms with Gasteiger partial charge in [-0.25, -0.2) is 0 Å². The number of hydrogen-bond acceptors (Lipinski definition) is 2. The molecule has 3 nitrogen and oxygen atoms in total. The van der Waals surface area contributed by atoms with Crippen LogP contribution in [0.4, 0.5) is 0 Å². The van der Waals surface area contributed by atoms with Gasteiger partial charge in [0.25, 0.3) is 5.91 Å². The van der Waals surface area contributed by atoms with E-state index in [0.717, 1.165) is 26.1 Å². The monoisotopic (exact) mass is 298 g/mol. The Morgan fingerprint density at radius 1 is 1.32 bits per heavy atom. The van der Waals surface area contributed by atoms with E-state index >= 15 is 0 Å². The third kappa shape index (κ3) is 2.35. The normalized spacial score (nSPS) is 26.3. The van der Waals surface area contributed by atoms with Crippen LogP contribution in [0.3, 0.4) is 0 Å². The van der Waals surface area contributed by atoms with Gasteiger partial charge in [0.05, 0.1) is 15.6 Å². The van der Waals surface area contributed by atoms with Crippen molar-refractivity contribution in [3.05, 3.63) is 33.8 Å². The smallest absolute Gasteiger partial charge is 0.255 e. The number of fused-ring (bicyclic) bond motifs is 1. The Labute approximate surface area is 122 Å². The molecule has 19 heavy (non-hydrogen) atoms. The SMILES string of the molecule is O=C(c1cccc(Cl)c1Cl)N1CCCC2CNCC21. The van der Waals surface area contributed by atoms with Gasteiger partial charge >= 0.3 is 0 Å². The van der Waals surface area contributed by atoms with E-state index in [0.29, 0.717) is 27.6 Å². The van der Waals surface area contributed by atoms with Gasteiger partial charge in [-0.3, -0.25) is 4.79 Å². The van der Waals surface area contributed by atoms with Crippen molar-refractivity contribution < 1.29 is 4.79 Å².